The first-order valence-corrected chi connectivity index (χ1v) is 8.68. The zero-order valence-electron chi connectivity index (χ0n) is 15.5. The van der Waals surface area contributed by atoms with Gasteiger partial charge in [0.1, 0.15) is 5.69 Å². The van der Waals surface area contributed by atoms with Crippen LogP contribution in [0.1, 0.15) is 31.3 Å². The summed E-state index contributed by atoms with van der Waals surface area (Å²) >= 11 is 6.20. The number of aromatic nitrogens is 3. The molecule has 0 saturated heterocycles. The highest BCUT2D eigenvalue weighted by atomic mass is 35.5. The summed E-state index contributed by atoms with van der Waals surface area (Å²) in [4.78, 5) is 21.9. The molecule has 0 radical (unpaired) electrons. The second kappa shape index (κ2) is 9.09. The molecule has 0 aliphatic rings. The van der Waals surface area contributed by atoms with Gasteiger partial charge in [-0.3, -0.25) is 14.8 Å². The van der Waals surface area contributed by atoms with Crippen molar-refractivity contribution in [3.05, 3.63) is 72.0 Å². The largest absolute Gasteiger partial charge is 0.379 e. The Kier molecular flexibility index (Phi) is 6.85. The Hall–Kier alpha value is -2.99. The minimum Gasteiger partial charge on any atom is -0.379 e. The lowest BCUT2D eigenvalue weighted by atomic mass is 10.1. The van der Waals surface area contributed by atoms with Gasteiger partial charge in [0.2, 0.25) is 0 Å². The molecule has 0 saturated carbocycles. The SMILES string of the molecule is CC(C)(C)Nc1cncc(-c2ccccc2Cl)c1.NC(=O)c1cnccn1. The first-order chi connectivity index (χ1) is 12.8. The predicted molar refractivity (Wildman–Crippen MR) is 109 cm³/mol. The Labute approximate surface area is 163 Å². The van der Waals surface area contributed by atoms with Crippen molar-refractivity contribution in [2.45, 2.75) is 26.3 Å². The van der Waals surface area contributed by atoms with Crippen LogP contribution in [-0.4, -0.2) is 26.4 Å². The van der Waals surface area contributed by atoms with Crippen molar-refractivity contribution in [1.29, 1.82) is 0 Å². The van der Waals surface area contributed by atoms with Gasteiger partial charge >= 0.3 is 0 Å². The topological polar surface area (TPSA) is 93.8 Å². The number of hydrogen-bond donors (Lipinski definition) is 2. The number of nitrogens with zero attached hydrogens (tertiary/aromatic N) is 3. The molecule has 2 aromatic heterocycles. The third kappa shape index (κ3) is 6.67. The van der Waals surface area contributed by atoms with E-state index in [4.69, 9.17) is 17.3 Å². The number of nitrogens with one attached hydrogen (secondary N) is 1. The number of primary amides is 1. The Morgan fingerprint density at radius 1 is 1.07 bits per heavy atom. The lowest BCUT2D eigenvalue weighted by molar-refractivity contribution is 0.0995. The van der Waals surface area contributed by atoms with Crippen LogP contribution in [0.5, 0.6) is 0 Å². The molecular weight excluding hydrogens is 362 g/mol. The fraction of sp³-hybridized carbons (Fsp3) is 0.200. The number of pyridine rings is 1. The molecule has 27 heavy (non-hydrogen) atoms. The van der Waals surface area contributed by atoms with E-state index in [1.807, 2.05) is 36.7 Å². The minimum absolute atomic E-state index is 0.0147. The second-order valence-electron chi connectivity index (χ2n) is 6.77. The molecule has 3 N–H and O–H groups in total. The number of benzene rings is 1. The van der Waals surface area contributed by atoms with Gasteiger partial charge in [0.05, 0.1) is 11.9 Å². The highest BCUT2D eigenvalue weighted by molar-refractivity contribution is 6.33. The van der Waals surface area contributed by atoms with Gasteiger partial charge in [-0.05, 0) is 32.9 Å². The zero-order valence-corrected chi connectivity index (χ0v) is 16.2. The summed E-state index contributed by atoms with van der Waals surface area (Å²) in [6.07, 6.45) is 7.87. The normalized spacial score (nSPS) is 10.5. The van der Waals surface area contributed by atoms with Crippen LogP contribution in [0, 0.1) is 0 Å². The van der Waals surface area contributed by atoms with E-state index < -0.39 is 5.91 Å². The van der Waals surface area contributed by atoms with E-state index in [9.17, 15) is 4.79 Å². The average molecular weight is 384 g/mol. The molecule has 0 aliphatic carbocycles. The Bertz CT molecular complexity index is 894. The summed E-state index contributed by atoms with van der Waals surface area (Å²) < 4.78 is 0. The molecule has 1 aromatic carbocycles. The smallest absolute Gasteiger partial charge is 0.268 e. The third-order valence-corrected chi connectivity index (χ3v) is 3.59. The van der Waals surface area contributed by atoms with E-state index in [1.165, 1.54) is 18.6 Å². The van der Waals surface area contributed by atoms with Gasteiger partial charge in [0.15, 0.2) is 0 Å². The molecule has 1 amide bonds. The Morgan fingerprint density at radius 2 is 1.81 bits per heavy atom. The van der Waals surface area contributed by atoms with Crippen molar-refractivity contribution in [2.75, 3.05) is 5.32 Å². The number of amides is 1. The van der Waals surface area contributed by atoms with Crippen LogP contribution in [0.4, 0.5) is 5.69 Å². The fourth-order valence-electron chi connectivity index (χ4n) is 2.21. The lowest BCUT2D eigenvalue weighted by Crippen LogP contribution is -2.26. The highest BCUT2D eigenvalue weighted by Crippen LogP contribution is 2.29. The predicted octanol–water partition coefficient (Wildman–Crippen LogP) is 4.19. The van der Waals surface area contributed by atoms with Gasteiger partial charge in [-0.1, -0.05) is 29.8 Å². The summed E-state index contributed by atoms with van der Waals surface area (Å²) in [6.45, 7) is 6.36. The van der Waals surface area contributed by atoms with E-state index in [2.05, 4.69) is 47.1 Å². The van der Waals surface area contributed by atoms with Gasteiger partial charge in [0, 0.05) is 46.5 Å². The molecule has 7 heteroatoms. The van der Waals surface area contributed by atoms with Crippen molar-refractivity contribution < 1.29 is 4.79 Å². The Balaban J connectivity index is 0.000000244. The molecule has 0 atom stereocenters. The average Bonchev–Trinajstić information content (AvgIpc) is 2.62. The number of hydrogen-bond acceptors (Lipinski definition) is 5. The highest BCUT2D eigenvalue weighted by Gasteiger charge is 2.10. The molecule has 0 bridgehead atoms. The summed E-state index contributed by atoms with van der Waals surface area (Å²) in [5, 5.41) is 4.15. The second-order valence-corrected chi connectivity index (χ2v) is 7.18. The number of rotatable bonds is 3. The van der Waals surface area contributed by atoms with E-state index in [0.717, 1.165) is 21.8 Å². The van der Waals surface area contributed by atoms with Gasteiger partial charge in [-0.25, -0.2) is 4.98 Å². The maximum absolute atomic E-state index is 10.3. The maximum atomic E-state index is 10.3. The third-order valence-electron chi connectivity index (χ3n) is 3.26. The van der Waals surface area contributed by atoms with Gasteiger partial charge in [-0.15, -0.1) is 0 Å². The maximum Gasteiger partial charge on any atom is 0.268 e. The molecule has 3 aromatic rings. The summed E-state index contributed by atoms with van der Waals surface area (Å²) in [5.41, 5.74) is 8.11. The number of carbonyl (C=O) groups is 1. The van der Waals surface area contributed by atoms with E-state index in [-0.39, 0.29) is 11.2 Å². The molecule has 3 rings (SSSR count). The van der Waals surface area contributed by atoms with Crippen LogP contribution in [0.15, 0.2) is 61.3 Å². The number of carbonyl (C=O) groups excluding carboxylic acids is 1. The first-order valence-electron chi connectivity index (χ1n) is 8.30. The van der Waals surface area contributed by atoms with Crippen LogP contribution in [0.3, 0.4) is 0 Å². The Morgan fingerprint density at radius 3 is 2.37 bits per heavy atom. The fourth-order valence-corrected chi connectivity index (χ4v) is 2.46. The molecule has 0 spiro atoms. The molecule has 140 valence electrons. The number of nitrogens with two attached hydrogens (primary N) is 1. The van der Waals surface area contributed by atoms with Crippen LogP contribution in [-0.2, 0) is 0 Å². The van der Waals surface area contributed by atoms with Crippen LogP contribution in [0.25, 0.3) is 11.1 Å². The lowest BCUT2D eigenvalue weighted by Gasteiger charge is -2.22. The van der Waals surface area contributed by atoms with Crippen molar-refractivity contribution in [3.8, 4) is 11.1 Å². The number of halogens is 1. The quantitative estimate of drug-likeness (QED) is 0.707. The minimum atomic E-state index is -0.553. The van der Waals surface area contributed by atoms with Crippen molar-refractivity contribution >= 4 is 23.2 Å². The van der Waals surface area contributed by atoms with Crippen LogP contribution in [0.2, 0.25) is 5.02 Å². The molecule has 2 heterocycles. The van der Waals surface area contributed by atoms with Crippen molar-refractivity contribution in [2.24, 2.45) is 5.73 Å². The standard InChI is InChI=1S/C15H17ClN2.C5H5N3O/c1-15(2,3)18-12-8-11(9-17-10-12)13-6-4-5-7-14(13)16;6-5(9)4-3-7-1-2-8-4/h4-10,18H,1-3H3;1-3H,(H2,6,9). The van der Waals surface area contributed by atoms with E-state index >= 15 is 0 Å². The number of anilines is 1. The molecule has 6 nitrogen and oxygen atoms in total. The molecule has 0 aliphatic heterocycles. The van der Waals surface area contributed by atoms with Crippen LogP contribution < -0.4 is 11.1 Å². The van der Waals surface area contributed by atoms with E-state index in [1.54, 1.807) is 0 Å². The van der Waals surface area contributed by atoms with Gasteiger partial charge in [-0.2, -0.15) is 0 Å². The summed E-state index contributed by atoms with van der Waals surface area (Å²) in [6, 6.07) is 9.86. The van der Waals surface area contributed by atoms with Crippen molar-refractivity contribution in [3.63, 3.8) is 0 Å². The monoisotopic (exact) mass is 383 g/mol. The molecular formula is C20H22ClN5O. The molecule has 0 unspecified atom stereocenters. The summed E-state index contributed by atoms with van der Waals surface area (Å²) in [7, 11) is 0. The van der Waals surface area contributed by atoms with Crippen LogP contribution >= 0.6 is 11.6 Å². The van der Waals surface area contributed by atoms with Gasteiger partial charge in [0.25, 0.3) is 5.91 Å². The van der Waals surface area contributed by atoms with Crippen molar-refractivity contribution in [1.82, 2.24) is 15.0 Å². The van der Waals surface area contributed by atoms with Gasteiger partial charge < -0.3 is 11.1 Å². The summed E-state index contributed by atoms with van der Waals surface area (Å²) in [5.74, 6) is -0.553. The zero-order chi connectivity index (χ0) is 19.9. The molecule has 0 fully saturated rings. The van der Waals surface area contributed by atoms with E-state index in [0.29, 0.717) is 0 Å². The first kappa shape index (κ1) is 20.3.